The molecule has 1 aliphatic carbocycles. The van der Waals surface area contributed by atoms with Gasteiger partial charge in [0.2, 0.25) is 0 Å². The van der Waals surface area contributed by atoms with E-state index in [9.17, 15) is 8.78 Å². The van der Waals surface area contributed by atoms with Crippen LogP contribution in [0.3, 0.4) is 0 Å². The summed E-state index contributed by atoms with van der Waals surface area (Å²) in [7, 11) is 0. The molecule has 2 nitrogen and oxygen atoms in total. The molecule has 1 saturated carbocycles. The molecule has 0 heterocycles. The molecular formula is C4H8F2N2. The zero-order chi connectivity index (χ0) is 6.36. The third-order valence-electron chi connectivity index (χ3n) is 1.52. The van der Waals surface area contributed by atoms with Crippen molar-refractivity contribution in [1.29, 1.82) is 0 Å². The summed E-state index contributed by atoms with van der Waals surface area (Å²) in [5.74, 6) is -3.43. The van der Waals surface area contributed by atoms with Gasteiger partial charge in [-0.15, -0.1) is 0 Å². The minimum atomic E-state index is -2.67. The van der Waals surface area contributed by atoms with Gasteiger partial charge >= 0.3 is 0 Å². The van der Waals surface area contributed by atoms with Crippen molar-refractivity contribution in [3.8, 4) is 0 Å². The molecule has 2 atom stereocenters. The highest BCUT2D eigenvalue weighted by atomic mass is 19.3. The van der Waals surface area contributed by atoms with Gasteiger partial charge in [-0.3, -0.25) is 0 Å². The molecule has 0 aliphatic heterocycles. The predicted molar refractivity (Wildman–Crippen MR) is 25.5 cm³/mol. The Morgan fingerprint density at radius 3 is 1.88 bits per heavy atom. The molecule has 1 fully saturated rings. The van der Waals surface area contributed by atoms with E-state index in [0.29, 0.717) is 0 Å². The minimum Gasteiger partial charge on any atom is -0.330 e. The van der Waals surface area contributed by atoms with Crippen molar-refractivity contribution >= 4 is 0 Å². The first-order valence-electron chi connectivity index (χ1n) is 2.44. The third-order valence-corrected chi connectivity index (χ3v) is 1.52. The fraction of sp³-hybridized carbons (Fsp3) is 1.00. The molecule has 0 aromatic rings. The third kappa shape index (κ3) is 0.530. The Morgan fingerprint density at radius 2 is 1.88 bits per heavy atom. The molecule has 1 rings (SSSR count). The molecule has 0 amide bonds. The number of rotatable bonds is 1. The van der Waals surface area contributed by atoms with E-state index >= 15 is 0 Å². The van der Waals surface area contributed by atoms with Gasteiger partial charge in [0.25, 0.3) is 5.92 Å². The highest BCUT2D eigenvalue weighted by Crippen LogP contribution is 2.46. The van der Waals surface area contributed by atoms with Crippen LogP contribution in [0.1, 0.15) is 0 Å². The van der Waals surface area contributed by atoms with E-state index in [1.165, 1.54) is 0 Å². The SMILES string of the molecule is NC[C@@H]1[C@H](N)C1(F)F. The standard InChI is InChI=1S/C4H8F2N2/c5-4(6)2(1-7)3(4)8/h2-3H,1,7-8H2/t2-,3+/m1/s1. The van der Waals surface area contributed by atoms with E-state index in [2.05, 4.69) is 0 Å². The minimum absolute atomic E-state index is 0.00579. The molecule has 0 spiro atoms. The molecule has 0 saturated heterocycles. The number of halogens is 2. The van der Waals surface area contributed by atoms with Crippen molar-refractivity contribution in [2.45, 2.75) is 12.0 Å². The van der Waals surface area contributed by atoms with Crippen molar-refractivity contribution in [3.63, 3.8) is 0 Å². The van der Waals surface area contributed by atoms with Crippen LogP contribution < -0.4 is 11.5 Å². The van der Waals surface area contributed by atoms with Crippen LogP contribution in [0.25, 0.3) is 0 Å². The van der Waals surface area contributed by atoms with E-state index in [0.717, 1.165) is 0 Å². The Bertz CT molecular complexity index is 104. The zero-order valence-electron chi connectivity index (χ0n) is 4.27. The summed E-state index contributed by atoms with van der Waals surface area (Å²) in [5.41, 5.74) is 9.86. The smallest absolute Gasteiger partial charge is 0.269 e. The van der Waals surface area contributed by atoms with Crippen LogP contribution in [-0.4, -0.2) is 18.5 Å². The summed E-state index contributed by atoms with van der Waals surface area (Å²) < 4.78 is 24.0. The summed E-state index contributed by atoms with van der Waals surface area (Å²) in [6.07, 6.45) is 0. The molecule has 4 N–H and O–H groups in total. The normalized spacial score (nSPS) is 42.0. The Morgan fingerprint density at radius 1 is 1.50 bits per heavy atom. The van der Waals surface area contributed by atoms with Crippen LogP contribution in [0.2, 0.25) is 0 Å². The van der Waals surface area contributed by atoms with Crippen molar-refractivity contribution in [2.24, 2.45) is 17.4 Å². The number of hydrogen-bond acceptors (Lipinski definition) is 2. The van der Waals surface area contributed by atoms with Crippen molar-refractivity contribution in [3.05, 3.63) is 0 Å². The Kier molecular flexibility index (Phi) is 1.02. The summed E-state index contributed by atoms with van der Waals surface area (Å²) >= 11 is 0. The Hall–Kier alpha value is -0.220. The molecule has 8 heavy (non-hydrogen) atoms. The first-order chi connectivity index (χ1) is 3.60. The molecule has 0 aromatic heterocycles. The lowest BCUT2D eigenvalue weighted by Gasteiger charge is -1.86. The van der Waals surface area contributed by atoms with Crippen LogP contribution in [0.5, 0.6) is 0 Å². The van der Waals surface area contributed by atoms with Crippen LogP contribution in [-0.2, 0) is 0 Å². The van der Waals surface area contributed by atoms with Crippen LogP contribution in [0, 0.1) is 5.92 Å². The van der Waals surface area contributed by atoms with Gasteiger partial charge in [0.1, 0.15) is 0 Å². The summed E-state index contributed by atoms with van der Waals surface area (Å²) in [4.78, 5) is 0. The van der Waals surface area contributed by atoms with Crippen molar-refractivity contribution in [1.82, 2.24) is 0 Å². The van der Waals surface area contributed by atoms with E-state index < -0.39 is 17.9 Å². The average Bonchev–Trinajstić information content (AvgIpc) is 2.09. The van der Waals surface area contributed by atoms with Crippen LogP contribution in [0.4, 0.5) is 8.78 Å². The lowest BCUT2D eigenvalue weighted by atomic mass is 10.4. The second kappa shape index (κ2) is 1.39. The highest BCUT2D eigenvalue weighted by Gasteiger charge is 2.65. The van der Waals surface area contributed by atoms with Crippen LogP contribution >= 0.6 is 0 Å². The molecule has 48 valence electrons. The summed E-state index contributed by atoms with van der Waals surface area (Å²) in [6.45, 7) is -0.00579. The number of alkyl halides is 2. The van der Waals surface area contributed by atoms with Gasteiger partial charge in [-0.2, -0.15) is 0 Å². The van der Waals surface area contributed by atoms with Gasteiger partial charge in [0, 0.05) is 6.54 Å². The Balaban J connectivity index is 2.45. The summed E-state index contributed by atoms with van der Waals surface area (Å²) in [5, 5.41) is 0. The first-order valence-corrected chi connectivity index (χ1v) is 2.44. The van der Waals surface area contributed by atoms with E-state index in [-0.39, 0.29) is 6.54 Å². The monoisotopic (exact) mass is 122 g/mol. The maximum absolute atomic E-state index is 12.0. The van der Waals surface area contributed by atoms with Crippen LogP contribution in [0.15, 0.2) is 0 Å². The van der Waals surface area contributed by atoms with E-state index in [4.69, 9.17) is 11.5 Å². The van der Waals surface area contributed by atoms with Gasteiger partial charge in [-0.05, 0) is 0 Å². The zero-order valence-corrected chi connectivity index (χ0v) is 4.27. The van der Waals surface area contributed by atoms with Gasteiger partial charge < -0.3 is 11.5 Å². The van der Waals surface area contributed by atoms with Gasteiger partial charge in [0.05, 0.1) is 12.0 Å². The fourth-order valence-electron chi connectivity index (χ4n) is 0.720. The molecule has 0 bridgehead atoms. The van der Waals surface area contributed by atoms with E-state index in [1.807, 2.05) is 0 Å². The molecular weight excluding hydrogens is 114 g/mol. The molecule has 0 aromatic carbocycles. The van der Waals surface area contributed by atoms with Crippen molar-refractivity contribution in [2.75, 3.05) is 6.54 Å². The van der Waals surface area contributed by atoms with Gasteiger partial charge in [-0.1, -0.05) is 0 Å². The number of hydrogen-bond donors (Lipinski definition) is 2. The number of nitrogens with two attached hydrogens (primary N) is 2. The average molecular weight is 122 g/mol. The van der Waals surface area contributed by atoms with Gasteiger partial charge in [-0.25, -0.2) is 8.78 Å². The first kappa shape index (κ1) is 5.91. The summed E-state index contributed by atoms with van der Waals surface area (Å²) in [6, 6.07) is -0.979. The largest absolute Gasteiger partial charge is 0.330 e. The maximum Gasteiger partial charge on any atom is 0.269 e. The fourth-order valence-corrected chi connectivity index (χ4v) is 0.720. The highest BCUT2D eigenvalue weighted by molar-refractivity contribution is 5.09. The quantitative estimate of drug-likeness (QED) is 0.494. The van der Waals surface area contributed by atoms with Crippen molar-refractivity contribution < 1.29 is 8.78 Å². The van der Waals surface area contributed by atoms with E-state index in [1.54, 1.807) is 0 Å². The molecule has 0 radical (unpaired) electrons. The topological polar surface area (TPSA) is 52.0 Å². The second-order valence-electron chi connectivity index (χ2n) is 2.04. The maximum atomic E-state index is 12.0. The molecule has 1 aliphatic rings. The Labute approximate surface area is 45.8 Å². The lowest BCUT2D eigenvalue weighted by molar-refractivity contribution is 0.0953. The molecule has 4 heteroatoms. The molecule has 0 unspecified atom stereocenters. The lowest BCUT2D eigenvalue weighted by Crippen LogP contribution is -2.10. The van der Waals surface area contributed by atoms with Gasteiger partial charge in [0.15, 0.2) is 0 Å². The second-order valence-corrected chi connectivity index (χ2v) is 2.04. The predicted octanol–water partition coefficient (Wildman–Crippen LogP) is -0.463.